The molecule has 92 valence electrons. The number of nitrogens with one attached hydrogen (secondary N) is 1. The van der Waals surface area contributed by atoms with Crippen LogP contribution in [0.1, 0.15) is 51.9 Å². The van der Waals surface area contributed by atoms with Gasteiger partial charge in [-0.15, -0.1) is 0 Å². The average Bonchev–Trinajstić information content (AvgIpc) is 2.27. The molecule has 0 aromatic heterocycles. The number of carboxylic acid groups (broad SMARTS) is 1. The highest BCUT2D eigenvalue weighted by Crippen LogP contribution is 2.17. The highest BCUT2D eigenvalue weighted by atomic mass is 16.4. The van der Waals surface area contributed by atoms with Crippen molar-refractivity contribution in [1.82, 2.24) is 5.32 Å². The molecule has 4 nitrogen and oxygen atoms in total. The zero-order chi connectivity index (χ0) is 12.0. The standard InChI is InChI=1S/C12H21NO3/c1-9(12(15)16)7-8-11(14)13-10-5-3-2-4-6-10/h9-10H,2-8H2,1H3,(H,13,14)(H,15,16)/t9-/m0/s1. The molecule has 1 amide bonds. The fraction of sp³-hybridized carbons (Fsp3) is 0.833. The van der Waals surface area contributed by atoms with Gasteiger partial charge in [0.25, 0.3) is 0 Å². The Labute approximate surface area is 96.4 Å². The fourth-order valence-electron chi connectivity index (χ4n) is 2.02. The number of rotatable bonds is 5. The summed E-state index contributed by atoms with van der Waals surface area (Å²) in [7, 11) is 0. The lowest BCUT2D eigenvalue weighted by molar-refractivity contribution is -0.141. The number of carbonyl (C=O) groups excluding carboxylic acids is 1. The zero-order valence-corrected chi connectivity index (χ0v) is 9.87. The average molecular weight is 227 g/mol. The van der Waals surface area contributed by atoms with Crippen LogP contribution < -0.4 is 5.32 Å². The van der Waals surface area contributed by atoms with Gasteiger partial charge in [-0.1, -0.05) is 26.2 Å². The minimum Gasteiger partial charge on any atom is -0.481 e. The highest BCUT2D eigenvalue weighted by molar-refractivity contribution is 5.77. The van der Waals surface area contributed by atoms with Crippen molar-refractivity contribution in [3.05, 3.63) is 0 Å². The van der Waals surface area contributed by atoms with E-state index in [1.165, 1.54) is 19.3 Å². The molecule has 0 bridgehead atoms. The summed E-state index contributed by atoms with van der Waals surface area (Å²) in [6.07, 6.45) is 6.54. The van der Waals surface area contributed by atoms with E-state index in [0.717, 1.165) is 12.8 Å². The van der Waals surface area contributed by atoms with Gasteiger partial charge < -0.3 is 10.4 Å². The van der Waals surface area contributed by atoms with Gasteiger partial charge in [0, 0.05) is 12.5 Å². The first-order valence-electron chi connectivity index (χ1n) is 6.11. The van der Waals surface area contributed by atoms with E-state index in [0.29, 0.717) is 18.9 Å². The number of hydrogen-bond acceptors (Lipinski definition) is 2. The third kappa shape index (κ3) is 4.64. The minimum atomic E-state index is -0.828. The molecule has 2 N–H and O–H groups in total. The summed E-state index contributed by atoms with van der Waals surface area (Å²) in [5.74, 6) is -1.26. The quantitative estimate of drug-likeness (QED) is 0.754. The molecule has 0 unspecified atom stereocenters. The van der Waals surface area contributed by atoms with Crippen molar-refractivity contribution in [3.63, 3.8) is 0 Å². The predicted molar refractivity (Wildman–Crippen MR) is 61.0 cm³/mol. The summed E-state index contributed by atoms with van der Waals surface area (Å²) in [6, 6.07) is 0.321. The molecule has 1 atom stereocenters. The Morgan fingerprint density at radius 3 is 2.50 bits per heavy atom. The van der Waals surface area contributed by atoms with Gasteiger partial charge in [-0.2, -0.15) is 0 Å². The summed E-state index contributed by atoms with van der Waals surface area (Å²) >= 11 is 0. The molecule has 0 radical (unpaired) electrons. The molecule has 0 spiro atoms. The van der Waals surface area contributed by atoms with E-state index >= 15 is 0 Å². The molecule has 0 saturated heterocycles. The van der Waals surface area contributed by atoms with Crippen molar-refractivity contribution >= 4 is 11.9 Å². The molecular weight excluding hydrogens is 206 g/mol. The fourth-order valence-corrected chi connectivity index (χ4v) is 2.02. The third-order valence-corrected chi connectivity index (χ3v) is 3.20. The topological polar surface area (TPSA) is 66.4 Å². The largest absolute Gasteiger partial charge is 0.481 e. The Morgan fingerprint density at radius 1 is 1.31 bits per heavy atom. The van der Waals surface area contributed by atoms with Crippen LogP contribution in [0.2, 0.25) is 0 Å². The van der Waals surface area contributed by atoms with E-state index in [9.17, 15) is 9.59 Å². The summed E-state index contributed by atoms with van der Waals surface area (Å²) in [5, 5.41) is 11.7. The van der Waals surface area contributed by atoms with Crippen LogP contribution in [0, 0.1) is 5.92 Å². The second kappa shape index (κ2) is 6.51. The van der Waals surface area contributed by atoms with Gasteiger partial charge in [0.15, 0.2) is 0 Å². The number of carbonyl (C=O) groups is 2. The first-order chi connectivity index (χ1) is 7.59. The molecule has 1 fully saturated rings. The molecule has 0 aromatic carbocycles. The van der Waals surface area contributed by atoms with E-state index in [2.05, 4.69) is 5.32 Å². The van der Waals surface area contributed by atoms with Crippen LogP contribution in [0.15, 0.2) is 0 Å². The summed E-state index contributed by atoms with van der Waals surface area (Å²) in [6.45, 7) is 1.64. The SMILES string of the molecule is C[C@@H](CCC(=O)NC1CCCCC1)C(=O)O. The van der Waals surface area contributed by atoms with Crippen molar-refractivity contribution < 1.29 is 14.7 Å². The summed E-state index contributed by atoms with van der Waals surface area (Å²) < 4.78 is 0. The van der Waals surface area contributed by atoms with Gasteiger partial charge in [-0.3, -0.25) is 9.59 Å². The molecule has 0 aliphatic heterocycles. The van der Waals surface area contributed by atoms with Gasteiger partial charge >= 0.3 is 5.97 Å². The number of carboxylic acids is 1. The molecule has 1 aliphatic rings. The first kappa shape index (κ1) is 13.0. The third-order valence-electron chi connectivity index (χ3n) is 3.20. The van der Waals surface area contributed by atoms with E-state index < -0.39 is 11.9 Å². The Bertz CT molecular complexity index is 247. The van der Waals surface area contributed by atoms with Crippen LogP contribution in [0.25, 0.3) is 0 Å². The summed E-state index contributed by atoms with van der Waals surface area (Å²) in [4.78, 5) is 22.1. The molecule has 16 heavy (non-hydrogen) atoms. The molecule has 4 heteroatoms. The lowest BCUT2D eigenvalue weighted by Crippen LogP contribution is -2.36. The Morgan fingerprint density at radius 2 is 1.94 bits per heavy atom. The monoisotopic (exact) mass is 227 g/mol. The first-order valence-corrected chi connectivity index (χ1v) is 6.11. The maximum absolute atomic E-state index is 11.5. The van der Waals surface area contributed by atoms with E-state index in [1.807, 2.05) is 0 Å². The molecule has 1 aliphatic carbocycles. The maximum atomic E-state index is 11.5. The number of aliphatic carboxylic acids is 1. The van der Waals surface area contributed by atoms with Crippen LogP contribution in [-0.4, -0.2) is 23.0 Å². The lowest BCUT2D eigenvalue weighted by Gasteiger charge is -2.22. The highest BCUT2D eigenvalue weighted by Gasteiger charge is 2.17. The van der Waals surface area contributed by atoms with Gasteiger partial charge in [-0.25, -0.2) is 0 Å². The molecule has 0 aromatic rings. The summed E-state index contributed by atoms with van der Waals surface area (Å²) in [5.41, 5.74) is 0. The zero-order valence-electron chi connectivity index (χ0n) is 9.87. The van der Waals surface area contributed by atoms with Gasteiger partial charge in [-0.05, 0) is 19.3 Å². The number of hydrogen-bond donors (Lipinski definition) is 2. The second-order valence-electron chi connectivity index (χ2n) is 4.68. The van der Waals surface area contributed by atoms with Gasteiger partial charge in [0.05, 0.1) is 5.92 Å². The van der Waals surface area contributed by atoms with Crippen LogP contribution in [0.5, 0.6) is 0 Å². The van der Waals surface area contributed by atoms with E-state index in [-0.39, 0.29) is 5.91 Å². The van der Waals surface area contributed by atoms with Crippen molar-refractivity contribution in [2.45, 2.75) is 57.9 Å². The molecule has 1 saturated carbocycles. The van der Waals surface area contributed by atoms with Crippen LogP contribution >= 0.6 is 0 Å². The van der Waals surface area contributed by atoms with E-state index in [4.69, 9.17) is 5.11 Å². The van der Waals surface area contributed by atoms with Crippen molar-refractivity contribution in [3.8, 4) is 0 Å². The van der Waals surface area contributed by atoms with Crippen LogP contribution in [0.3, 0.4) is 0 Å². The van der Waals surface area contributed by atoms with Crippen LogP contribution in [0.4, 0.5) is 0 Å². The smallest absolute Gasteiger partial charge is 0.306 e. The van der Waals surface area contributed by atoms with Gasteiger partial charge in [0.1, 0.15) is 0 Å². The predicted octanol–water partition coefficient (Wildman–Crippen LogP) is 1.94. The van der Waals surface area contributed by atoms with Crippen molar-refractivity contribution in [2.75, 3.05) is 0 Å². The Hall–Kier alpha value is -1.06. The Kier molecular flexibility index (Phi) is 5.29. The van der Waals surface area contributed by atoms with Crippen LogP contribution in [-0.2, 0) is 9.59 Å². The van der Waals surface area contributed by atoms with Crippen molar-refractivity contribution in [1.29, 1.82) is 0 Å². The lowest BCUT2D eigenvalue weighted by atomic mass is 9.95. The van der Waals surface area contributed by atoms with Crippen molar-refractivity contribution in [2.24, 2.45) is 5.92 Å². The molecular formula is C12H21NO3. The normalized spacial score (nSPS) is 19.1. The minimum absolute atomic E-state index is 0. The molecule has 1 rings (SSSR count). The van der Waals surface area contributed by atoms with E-state index in [1.54, 1.807) is 6.92 Å². The Balaban J connectivity index is 2.17. The second-order valence-corrected chi connectivity index (χ2v) is 4.68. The molecule has 0 heterocycles. The van der Waals surface area contributed by atoms with Gasteiger partial charge in [0.2, 0.25) is 5.91 Å². The number of amides is 1. The maximum Gasteiger partial charge on any atom is 0.306 e.